The fourth-order valence-electron chi connectivity index (χ4n) is 1.70. The molecule has 6 heteroatoms. The van der Waals surface area contributed by atoms with Gasteiger partial charge in [-0.3, -0.25) is 0 Å². The zero-order valence-electron chi connectivity index (χ0n) is 13.3. The van der Waals surface area contributed by atoms with E-state index in [0.29, 0.717) is 5.56 Å². The molecule has 0 radical (unpaired) electrons. The Balaban J connectivity index is 0.00000127. The molecule has 0 heterocycles. The van der Waals surface area contributed by atoms with Crippen LogP contribution >= 0.6 is 0 Å². The molecule has 0 atom stereocenters. The van der Waals surface area contributed by atoms with E-state index in [4.69, 9.17) is 9.44 Å². The average Bonchev–Trinajstić information content (AvgIpc) is 2.53. The van der Waals surface area contributed by atoms with Crippen molar-refractivity contribution in [3.8, 4) is 17.6 Å². The van der Waals surface area contributed by atoms with Gasteiger partial charge in [0.25, 0.3) is 0 Å². The maximum atomic E-state index is 12.1. The number of aryl methyl sites for hydroxylation is 1. The molecule has 23 heavy (non-hydrogen) atoms. The minimum absolute atomic E-state index is 0.00168. The molecular formula is C17H19NO4S. The van der Waals surface area contributed by atoms with Crippen LogP contribution in [0, 0.1) is 18.3 Å². The average molecular weight is 333 g/mol. The van der Waals surface area contributed by atoms with Crippen LogP contribution in [0.3, 0.4) is 0 Å². The van der Waals surface area contributed by atoms with Crippen LogP contribution in [0.25, 0.3) is 0 Å². The Morgan fingerprint density at radius 3 is 2.30 bits per heavy atom. The molecule has 2 aromatic rings. The third-order valence-electron chi connectivity index (χ3n) is 2.82. The first-order valence-corrected chi connectivity index (χ1v) is 8.53. The molecule has 0 saturated carbocycles. The summed E-state index contributed by atoms with van der Waals surface area (Å²) in [6.45, 7) is 5.84. The molecule has 0 bridgehead atoms. The number of phenols is 1. The molecule has 2 aromatic carbocycles. The third kappa shape index (κ3) is 5.01. The highest BCUT2D eigenvalue weighted by Gasteiger charge is 2.18. The van der Waals surface area contributed by atoms with E-state index in [1.54, 1.807) is 12.1 Å². The van der Waals surface area contributed by atoms with Crippen LogP contribution in [0.1, 0.15) is 25.0 Å². The van der Waals surface area contributed by atoms with Crippen molar-refractivity contribution in [3.05, 3.63) is 53.6 Å². The molecular weight excluding hydrogens is 314 g/mol. The van der Waals surface area contributed by atoms with Gasteiger partial charge in [-0.15, -0.1) is 0 Å². The molecule has 1 N–H and O–H groups in total. The van der Waals surface area contributed by atoms with E-state index in [0.717, 1.165) is 5.56 Å². The number of hydrogen-bond donors (Lipinski definition) is 1. The lowest BCUT2D eigenvalue weighted by Crippen LogP contribution is -2.10. The second-order valence-electron chi connectivity index (χ2n) is 4.49. The van der Waals surface area contributed by atoms with Crippen molar-refractivity contribution in [1.29, 1.82) is 5.26 Å². The van der Waals surface area contributed by atoms with E-state index in [1.165, 1.54) is 30.3 Å². The monoisotopic (exact) mass is 333 g/mol. The van der Waals surface area contributed by atoms with E-state index in [2.05, 4.69) is 0 Å². The zero-order valence-corrected chi connectivity index (χ0v) is 14.1. The summed E-state index contributed by atoms with van der Waals surface area (Å²) in [5, 5.41) is 18.3. The standard InChI is InChI=1S/C15H13NO4S.C2H6/c1-11-2-5-13(6-3-11)21(18,19)20-15-10-12(8-9-16)4-7-14(15)17;1-2/h2-7,10,17H,8H2,1H3;1-2H3. The molecule has 0 aliphatic rings. The van der Waals surface area contributed by atoms with Crippen LogP contribution in [0.4, 0.5) is 0 Å². The SMILES string of the molecule is CC.Cc1ccc(S(=O)(=O)Oc2cc(CC#N)ccc2O)cc1. The maximum absolute atomic E-state index is 12.1. The Morgan fingerprint density at radius 2 is 1.74 bits per heavy atom. The molecule has 0 aromatic heterocycles. The van der Waals surface area contributed by atoms with Gasteiger partial charge in [0, 0.05) is 0 Å². The number of nitriles is 1. The third-order valence-corrected chi connectivity index (χ3v) is 4.07. The van der Waals surface area contributed by atoms with Crippen molar-refractivity contribution in [3.63, 3.8) is 0 Å². The highest BCUT2D eigenvalue weighted by Crippen LogP contribution is 2.30. The fraction of sp³-hybridized carbons (Fsp3) is 0.235. The van der Waals surface area contributed by atoms with Gasteiger partial charge in [-0.25, -0.2) is 0 Å². The highest BCUT2D eigenvalue weighted by atomic mass is 32.2. The number of rotatable bonds is 4. The Hall–Kier alpha value is -2.52. The molecule has 5 nitrogen and oxygen atoms in total. The molecule has 0 aliphatic carbocycles. The van der Waals surface area contributed by atoms with Crippen molar-refractivity contribution in [2.75, 3.05) is 0 Å². The number of aromatic hydroxyl groups is 1. The summed E-state index contributed by atoms with van der Waals surface area (Å²) in [5.74, 6) is -0.490. The highest BCUT2D eigenvalue weighted by molar-refractivity contribution is 7.87. The molecule has 0 amide bonds. The number of benzene rings is 2. The first-order valence-electron chi connectivity index (χ1n) is 7.12. The van der Waals surface area contributed by atoms with E-state index >= 15 is 0 Å². The number of nitrogens with zero attached hydrogens (tertiary/aromatic N) is 1. The fourth-order valence-corrected chi connectivity index (χ4v) is 2.63. The van der Waals surface area contributed by atoms with E-state index in [9.17, 15) is 13.5 Å². The summed E-state index contributed by atoms with van der Waals surface area (Å²) in [6, 6.07) is 12.3. The predicted molar refractivity (Wildman–Crippen MR) is 87.8 cm³/mol. The van der Waals surface area contributed by atoms with Gasteiger partial charge in [0.15, 0.2) is 11.5 Å². The van der Waals surface area contributed by atoms with Gasteiger partial charge in [-0.1, -0.05) is 37.6 Å². The van der Waals surface area contributed by atoms with Gasteiger partial charge in [0.2, 0.25) is 0 Å². The molecule has 0 fully saturated rings. The van der Waals surface area contributed by atoms with E-state index in [-0.39, 0.29) is 22.8 Å². The van der Waals surface area contributed by atoms with Crippen LogP contribution in [-0.2, 0) is 16.5 Å². The summed E-state index contributed by atoms with van der Waals surface area (Å²) in [5.41, 5.74) is 1.48. The molecule has 2 rings (SSSR count). The van der Waals surface area contributed by atoms with Gasteiger partial charge < -0.3 is 9.29 Å². The first-order chi connectivity index (χ1) is 10.9. The quantitative estimate of drug-likeness (QED) is 0.864. The van der Waals surface area contributed by atoms with Crippen molar-refractivity contribution >= 4 is 10.1 Å². The number of phenolic OH excluding ortho intramolecular Hbond substituents is 1. The normalized spacial score (nSPS) is 10.2. The summed E-state index contributed by atoms with van der Waals surface area (Å²) in [6.07, 6.45) is 0.0984. The van der Waals surface area contributed by atoms with Crippen molar-refractivity contribution in [2.24, 2.45) is 0 Å². The lowest BCUT2D eigenvalue weighted by atomic mass is 10.1. The van der Waals surface area contributed by atoms with Gasteiger partial charge in [0.1, 0.15) is 4.90 Å². The molecule has 0 spiro atoms. The van der Waals surface area contributed by atoms with E-state index in [1.807, 2.05) is 26.8 Å². The van der Waals surface area contributed by atoms with Gasteiger partial charge in [0.05, 0.1) is 12.5 Å². The smallest absolute Gasteiger partial charge is 0.339 e. The summed E-state index contributed by atoms with van der Waals surface area (Å²) >= 11 is 0. The second kappa shape index (κ2) is 8.20. The zero-order chi connectivity index (χ0) is 17.5. The summed E-state index contributed by atoms with van der Waals surface area (Å²) in [7, 11) is -4.03. The van der Waals surface area contributed by atoms with Gasteiger partial charge >= 0.3 is 10.1 Å². The Kier molecular flexibility index (Phi) is 6.61. The Bertz CT molecular complexity index is 790. The van der Waals surface area contributed by atoms with Crippen LogP contribution in [0.5, 0.6) is 11.5 Å². The minimum atomic E-state index is -4.03. The lowest BCUT2D eigenvalue weighted by Gasteiger charge is -2.09. The second-order valence-corrected chi connectivity index (χ2v) is 6.03. The topological polar surface area (TPSA) is 87.4 Å². The summed E-state index contributed by atoms with van der Waals surface area (Å²) < 4.78 is 29.2. The Labute approximate surface area is 136 Å². The first kappa shape index (κ1) is 18.5. The van der Waals surface area contributed by atoms with Crippen molar-refractivity contribution in [2.45, 2.75) is 32.1 Å². The van der Waals surface area contributed by atoms with Gasteiger partial charge in [-0.05, 0) is 36.8 Å². The van der Waals surface area contributed by atoms with Gasteiger partial charge in [-0.2, -0.15) is 13.7 Å². The van der Waals surface area contributed by atoms with Crippen LogP contribution in [0.15, 0.2) is 47.4 Å². The summed E-state index contributed by atoms with van der Waals surface area (Å²) in [4.78, 5) is -0.00168. The van der Waals surface area contributed by atoms with E-state index < -0.39 is 10.1 Å². The molecule has 122 valence electrons. The maximum Gasteiger partial charge on any atom is 0.339 e. The minimum Gasteiger partial charge on any atom is -0.504 e. The predicted octanol–water partition coefficient (Wildman–Crippen LogP) is 3.56. The van der Waals surface area contributed by atoms with Crippen LogP contribution < -0.4 is 4.18 Å². The number of hydrogen-bond acceptors (Lipinski definition) is 5. The van der Waals surface area contributed by atoms with Crippen molar-refractivity contribution in [1.82, 2.24) is 0 Å². The molecule has 0 unspecified atom stereocenters. The molecule has 0 saturated heterocycles. The van der Waals surface area contributed by atoms with Crippen LogP contribution in [0.2, 0.25) is 0 Å². The Morgan fingerprint density at radius 1 is 1.13 bits per heavy atom. The largest absolute Gasteiger partial charge is 0.504 e. The van der Waals surface area contributed by atoms with Crippen LogP contribution in [-0.4, -0.2) is 13.5 Å². The van der Waals surface area contributed by atoms with Crippen molar-refractivity contribution < 1.29 is 17.7 Å². The lowest BCUT2D eigenvalue weighted by molar-refractivity contribution is 0.428. The molecule has 0 aliphatic heterocycles.